The Labute approximate surface area is 158 Å². The van der Waals surface area contributed by atoms with E-state index in [1.807, 2.05) is 50.2 Å². The molecular formula is C21H25N3O3. The van der Waals surface area contributed by atoms with Gasteiger partial charge in [-0.2, -0.15) is 0 Å². The SMILES string of the molecule is Cc1ccc(C(C)(Cc2ccc3c(nnn3CCCO)c2C)C(=O)O)cc1. The molecule has 1 atom stereocenters. The molecule has 0 aliphatic rings. The smallest absolute Gasteiger partial charge is 0.314 e. The number of aromatic nitrogens is 3. The average molecular weight is 367 g/mol. The summed E-state index contributed by atoms with van der Waals surface area (Å²) in [6, 6.07) is 11.6. The fraction of sp³-hybridized carbons (Fsp3) is 0.381. The van der Waals surface area contributed by atoms with Crippen LogP contribution in [0.4, 0.5) is 0 Å². The van der Waals surface area contributed by atoms with Crippen molar-refractivity contribution in [2.24, 2.45) is 0 Å². The number of rotatable bonds is 7. The van der Waals surface area contributed by atoms with Gasteiger partial charge in [0, 0.05) is 13.2 Å². The molecule has 2 aromatic carbocycles. The van der Waals surface area contributed by atoms with Gasteiger partial charge in [0.05, 0.1) is 10.9 Å². The van der Waals surface area contributed by atoms with Crippen LogP contribution in [0.1, 0.15) is 35.6 Å². The van der Waals surface area contributed by atoms with Gasteiger partial charge in [-0.1, -0.05) is 41.1 Å². The Hall–Kier alpha value is -2.73. The molecule has 0 saturated carbocycles. The van der Waals surface area contributed by atoms with Crippen LogP contribution >= 0.6 is 0 Å². The zero-order chi connectivity index (χ0) is 19.6. The molecule has 142 valence electrons. The highest BCUT2D eigenvalue weighted by atomic mass is 16.4. The van der Waals surface area contributed by atoms with E-state index in [-0.39, 0.29) is 6.61 Å². The lowest BCUT2D eigenvalue weighted by Crippen LogP contribution is -2.35. The maximum absolute atomic E-state index is 12.2. The van der Waals surface area contributed by atoms with E-state index in [9.17, 15) is 9.90 Å². The molecule has 0 bridgehead atoms. The zero-order valence-electron chi connectivity index (χ0n) is 15.9. The number of nitrogens with zero attached hydrogens (tertiary/aromatic N) is 3. The number of fused-ring (bicyclic) bond motifs is 1. The summed E-state index contributed by atoms with van der Waals surface area (Å²) in [6.45, 7) is 6.41. The fourth-order valence-corrected chi connectivity index (χ4v) is 3.39. The van der Waals surface area contributed by atoms with Crippen LogP contribution in [0.15, 0.2) is 36.4 Å². The Morgan fingerprint density at radius 2 is 1.85 bits per heavy atom. The highest BCUT2D eigenvalue weighted by molar-refractivity contribution is 5.83. The number of aliphatic carboxylic acids is 1. The minimum Gasteiger partial charge on any atom is -0.481 e. The van der Waals surface area contributed by atoms with Gasteiger partial charge in [-0.05, 0) is 56.4 Å². The van der Waals surface area contributed by atoms with Crippen molar-refractivity contribution in [3.63, 3.8) is 0 Å². The summed E-state index contributed by atoms with van der Waals surface area (Å²) in [4.78, 5) is 12.2. The number of aliphatic hydroxyl groups is 1. The Bertz CT molecular complexity index is 963. The van der Waals surface area contributed by atoms with Crippen LogP contribution < -0.4 is 0 Å². The molecule has 1 heterocycles. The summed E-state index contributed by atoms with van der Waals surface area (Å²) in [5, 5.41) is 27.4. The molecule has 0 amide bonds. The highest BCUT2D eigenvalue weighted by Crippen LogP contribution is 2.32. The molecule has 6 heteroatoms. The third kappa shape index (κ3) is 3.57. The first-order valence-corrected chi connectivity index (χ1v) is 9.10. The van der Waals surface area contributed by atoms with E-state index in [2.05, 4.69) is 10.3 Å². The van der Waals surface area contributed by atoms with Gasteiger partial charge in [0.25, 0.3) is 0 Å². The number of hydrogen-bond acceptors (Lipinski definition) is 4. The monoisotopic (exact) mass is 367 g/mol. The minimum absolute atomic E-state index is 0.103. The first-order valence-electron chi connectivity index (χ1n) is 9.10. The van der Waals surface area contributed by atoms with Crippen LogP contribution in [-0.4, -0.2) is 37.8 Å². The van der Waals surface area contributed by atoms with Crippen LogP contribution in [0, 0.1) is 13.8 Å². The number of benzene rings is 2. The predicted molar refractivity (Wildman–Crippen MR) is 104 cm³/mol. The third-order valence-electron chi connectivity index (χ3n) is 5.29. The van der Waals surface area contributed by atoms with Crippen LogP contribution in [0.25, 0.3) is 11.0 Å². The van der Waals surface area contributed by atoms with Gasteiger partial charge < -0.3 is 10.2 Å². The first kappa shape index (κ1) is 19.0. The summed E-state index contributed by atoms with van der Waals surface area (Å²) >= 11 is 0. The Morgan fingerprint density at radius 1 is 1.15 bits per heavy atom. The molecule has 0 saturated heterocycles. The predicted octanol–water partition coefficient (Wildman–Crippen LogP) is 3.02. The molecule has 1 aromatic heterocycles. The van der Waals surface area contributed by atoms with Crippen molar-refractivity contribution in [1.82, 2.24) is 15.0 Å². The highest BCUT2D eigenvalue weighted by Gasteiger charge is 2.36. The molecule has 27 heavy (non-hydrogen) atoms. The third-order valence-corrected chi connectivity index (χ3v) is 5.29. The van der Waals surface area contributed by atoms with Gasteiger partial charge in [0.15, 0.2) is 0 Å². The lowest BCUT2D eigenvalue weighted by molar-refractivity contribution is -0.143. The van der Waals surface area contributed by atoms with Crippen LogP contribution in [0.3, 0.4) is 0 Å². The number of aliphatic hydroxyl groups excluding tert-OH is 1. The maximum Gasteiger partial charge on any atom is 0.314 e. The van der Waals surface area contributed by atoms with Crippen LogP contribution in [0.2, 0.25) is 0 Å². The van der Waals surface area contributed by atoms with E-state index in [0.717, 1.165) is 33.3 Å². The first-order chi connectivity index (χ1) is 12.9. The summed E-state index contributed by atoms with van der Waals surface area (Å²) in [6.07, 6.45) is 0.987. The van der Waals surface area contributed by atoms with Crippen molar-refractivity contribution >= 4 is 17.0 Å². The second-order valence-corrected chi connectivity index (χ2v) is 7.29. The number of carbonyl (C=O) groups is 1. The van der Waals surface area contributed by atoms with Gasteiger partial charge >= 0.3 is 5.97 Å². The van der Waals surface area contributed by atoms with E-state index < -0.39 is 11.4 Å². The molecule has 6 nitrogen and oxygen atoms in total. The summed E-state index contributed by atoms with van der Waals surface area (Å²) in [7, 11) is 0. The molecule has 0 spiro atoms. The standard InChI is InChI=1S/C21H25N3O3/c1-14-5-8-17(9-6-14)21(3,20(26)27)13-16-7-10-18-19(15(16)2)22-23-24(18)11-4-12-25/h5-10,25H,4,11-13H2,1-3H3,(H,26,27). The van der Waals surface area contributed by atoms with E-state index in [4.69, 9.17) is 5.11 Å². The van der Waals surface area contributed by atoms with Gasteiger partial charge in [0.2, 0.25) is 0 Å². The van der Waals surface area contributed by atoms with E-state index in [0.29, 0.717) is 19.4 Å². The van der Waals surface area contributed by atoms with Gasteiger partial charge in [-0.15, -0.1) is 5.10 Å². The van der Waals surface area contributed by atoms with Crippen LogP contribution in [-0.2, 0) is 23.2 Å². The van der Waals surface area contributed by atoms with Crippen molar-refractivity contribution in [2.45, 2.75) is 45.6 Å². The molecule has 1 unspecified atom stereocenters. The zero-order valence-corrected chi connectivity index (χ0v) is 15.9. The second kappa shape index (κ2) is 7.48. The van der Waals surface area contributed by atoms with Gasteiger partial charge in [0.1, 0.15) is 5.52 Å². The lowest BCUT2D eigenvalue weighted by atomic mass is 9.76. The van der Waals surface area contributed by atoms with E-state index in [1.165, 1.54) is 0 Å². The quantitative estimate of drug-likeness (QED) is 0.670. The largest absolute Gasteiger partial charge is 0.481 e. The second-order valence-electron chi connectivity index (χ2n) is 7.29. The summed E-state index contributed by atoms with van der Waals surface area (Å²) in [5.41, 5.74) is 4.43. The van der Waals surface area contributed by atoms with E-state index in [1.54, 1.807) is 11.6 Å². The molecular weight excluding hydrogens is 342 g/mol. The van der Waals surface area contributed by atoms with Crippen molar-refractivity contribution in [3.05, 3.63) is 58.7 Å². The molecule has 3 rings (SSSR count). The molecule has 3 aromatic rings. The van der Waals surface area contributed by atoms with Gasteiger partial charge in [-0.25, -0.2) is 4.68 Å². The average Bonchev–Trinajstić information content (AvgIpc) is 3.06. The molecule has 0 radical (unpaired) electrons. The van der Waals surface area contributed by atoms with Crippen molar-refractivity contribution in [3.8, 4) is 0 Å². The molecule has 0 aliphatic carbocycles. The number of carboxylic acid groups (broad SMARTS) is 1. The maximum atomic E-state index is 12.2. The summed E-state index contributed by atoms with van der Waals surface area (Å²) in [5.74, 6) is -0.850. The van der Waals surface area contributed by atoms with Crippen molar-refractivity contribution in [2.75, 3.05) is 6.61 Å². The van der Waals surface area contributed by atoms with Crippen molar-refractivity contribution in [1.29, 1.82) is 0 Å². The number of hydrogen-bond donors (Lipinski definition) is 2. The number of aryl methyl sites for hydroxylation is 3. The summed E-state index contributed by atoms with van der Waals surface area (Å²) < 4.78 is 1.78. The number of carboxylic acids is 1. The van der Waals surface area contributed by atoms with Crippen molar-refractivity contribution < 1.29 is 15.0 Å². The Morgan fingerprint density at radius 3 is 2.48 bits per heavy atom. The minimum atomic E-state index is -1.03. The van der Waals surface area contributed by atoms with Gasteiger partial charge in [-0.3, -0.25) is 4.79 Å². The molecule has 2 N–H and O–H groups in total. The Balaban J connectivity index is 1.99. The van der Waals surface area contributed by atoms with Crippen LogP contribution in [0.5, 0.6) is 0 Å². The lowest BCUT2D eigenvalue weighted by Gasteiger charge is -2.26. The fourth-order valence-electron chi connectivity index (χ4n) is 3.39. The normalized spacial score (nSPS) is 13.6. The molecule has 0 aliphatic heterocycles. The Kier molecular flexibility index (Phi) is 5.28. The van der Waals surface area contributed by atoms with E-state index >= 15 is 0 Å². The topological polar surface area (TPSA) is 88.2 Å². The molecule has 0 fully saturated rings.